The van der Waals surface area contributed by atoms with Crippen molar-refractivity contribution < 1.29 is 8.81 Å². The summed E-state index contributed by atoms with van der Waals surface area (Å²) in [7, 11) is 0. The number of nitrogens with zero attached hydrogens (tertiary/aromatic N) is 2. The fourth-order valence-corrected chi connectivity index (χ4v) is 5.07. The molecule has 7 heteroatoms. The number of fused-ring (bicyclic) bond motifs is 1. The van der Waals surface area contributed by atoms with Gasteiger partial charge in [-0.1, -0.05) is 18.2 Å². The second kappa shape index (κ2) is 8.16. The molecule has 0 amide bonds. The summed E-state index contributed by atoms with van der Waals surface area (Å²) >= 11 is 1.68. The molecule has 154 valence electrons. The largest absolute Gasteiger partial charge is 0.417 e. The zero-order chi connectivity index (χ0) is 20.5. The van der Waals surface area contributed by atoms with Crippen LogP contribution in [0.3, 0.4) is 0 Å². The molecule has 2 aromatic heterocycles. The standard InChI is InChI=1S/C23H22FN3O2S/c24-18-4-1-15(2-5-18)11-16-7-9-27(10-8-16)14-22-25-13-21(30-22)17-3-6-19-20(12-17)29-23(28)26-19/h1-6,12-13,16H,7-11,14H2,(H,26,28). The topological polar surface area (TPSA) is 62.1 Å². The van der Waals surface area contributed by atoms with Gasteiger partial charge in [-0.25, -0.2) is 14.2 Å². The van der Waals surface area contributed by atoms with E-state index in [9.17, 15) is 9.18 Å². The number of rotatable bonds is 5. The molecule has 1 aliphatic rings. The number of benzene rings is 2. The summed E-state index contributed by atoms with van der Waals surface area (Å²) in [6, 6.07) is 12.6. The van der Waals surface area contributed by atoms with Gasteiger partial charge in [0.1, 0.15) is 10.8 Å². The third kappa shape index (κ3) is 4.22. The van der Waals surface area contributed by atoms with Crippen molar-refractivity contribution in [3.05, 3.63) is 75.6 Å². The number of likely N-dealkylation sites (tertiary alicyclic amines) is 1. The van der Waals surface area contributed by atoms with Crippen molar-refractivity contribution in [2.45, 2.75) is 25.8 Å². The van der Waals surface area contributed by atoms with Crippen molar-refractivity contribution >= 4 is 22.4 Å². The lowest BCUT2D eigenvalue weighted by Crippen LogP contribution is -2.33. The monoisotopic (exact) mass is 423 g/mol. The van der Waals surface area contributed by atoms with Gasteiger partial charge in [-0.3, -0.25) is 9.88 Å². The Labute approximate surface area is 177 Å². The first kappa shape index (κ1) is 19.2. The van der Waals surface area contributed by atoms with Gasteiger partial charge in [0.05, 0.1) is 16.9 Å². The molecule has 0 spiro atoms. The number of piperidine rings is 1. The van der Waals surface area contributed by atoms with E-state index in [1.165, 1.54) is 5.56 Å². The predicted molar refractivity (Wildman–Crippen MR) is 116 cm³/mol. The highest BCUT2D eigenvalue weighted by atomic mass is 32.1. The number of aromatic nitrogens is 2. The molecule has 4 aromatic rings. The number of thiazole rings is 1. The highest BCUT2D eigenvalue weighted by Gasteiger charge is 2.20. The number of hydrogen-bond donors (Lipinski definition) is 1. The number of oxazole rings is 1. The van der Waals surface area contributed by atoms with E-state index in [2.05, 4.69) is 14.9 Å². The molecule has 0 saturated carbocycles. The van der Waals surface area contributed by atoms with Gasteiger partial charge in [-0.2, -0.15) is 0 Å². The summed E-state index contributed by atoms with van der Waals surface area (Å²) in [5.41, 5.74) is 3.49. The van der Waals surface area contributed by atoms with E-state index in [-0.39, 0.29) is 5.82 Å². The predicted octanol–water partition coefficient (Wildman–Crippen LogP) is 4.84. The van der Waals surface area contributed by atoms with Gasteiger partial charge < -0.3 is 4.42 Å². The maximum atomic E-state index is 13.1. The van der Waals surface area contributed by atoms with Gasteiger partial charge in [0.2, 0.25) is 0 Å². The molecule has 0 radical (unpaired) electrons. The molecule has 2 aromatic carbocycles. The van der Waals surface area contributed by atoms with Crippen molar-refractivity contribution in [1.29, 1.82) is 0 Å². The molecule has 0 unspecified atom stereocenters. The fraction of sp³-hybridized carbons (Fsp3) is 0.304. The molecule has 1 aliphatic heterocycles. The van der Waals surface area contributed by atoms with Crippen LogP contribution in [0.2, 0.25) is 0 Å². The Morgan fingerprint density at radius 1 is 1.17 bits per heavy atom. The van der Waals surface area contributed by atoms with E-state index >= 15 is 0 Å². The Bertz CT molecular complexity index is 1200. The lowest BCUT2D eigenvalue weighted by Gasteiger charge is -2.31. The van der Waals surface area contributed by atoms with Gasteiger partial charge in [-0.15, -0.1) is 11.3 Å². The van der Waals surface area contributed by atoms with Gasteiger partial charge >= 0.3 is 5.76 Å². The van der Waals surface area contributed by atoms with E-state index in [0.717, 1.165) is 54.3 Å². The first-order valence-corrected chi connectivity index (χ1v) is 11.0. The molecule has 0 aliphatic carbocycles. The molecule has 5 rings (SSSR count). The van der Waals surface area contributed by atoms with Gasteiger partial charge in [0.15, 0.2) is 5.58 Å². The molecule has 0 atom stereocenters. The molecule has 1 fully saturated rings. The molecular weight excluding hydrogens is 401 g/mol. The van der Waals surface area contributed by atoms with Crippen molar-refractivity contribution in [1.82, 2.24) is 14.9 Å². The lowest BCUT2D eigenvalue weighted by molar-refractivity contribution is 0.177. The van der Waals surface area contributed by atoms with E-state index < -0.39 is 5.76 Å². The minimum atomic E-state index is -0.435. The average molecular weight is 424 g/mol. The Morgan fingerprint density at radius 2 is 1.97 bits per heavy atom. The van der Waals surface area contributed by atoms with Crippen LogP contribution in [0.4, 0.5) is 4.39 Å². The average Bonchev–Trinajstić information content (AvgIpc) is 3.36. The van der Waals surface area contributed by atoms with Crippen LogP contribution in [0.15, 0.2) is 57.9 Å². The number of halogens is 1. The molecule has 30 heavy (non-hydrogen) atoms. The third-order valence-corrected chi connectivity index (χ3v) is 6.79. The zero-order valence-corrected chi connectivity index (χ0v) is 17.3. The van der Waals surface area contributed by atoms with E-state index in [4.69, 9.17) is 4.42 Å². The maximum Gasteiger partial charge on any atom is 0.417 e. The molecule has 3 heterocycles. The normalized spacial score (nSPS) is 15.8. The van der Waals surface area contributed by atoms with Crippen LogP contribution in [-0.4, -0.2) is 28.0 Å². The number of aromatic amines is 1. The first-order valence-electron chi connectivity index (χ1n) is 10.2. The second-order valence-corrected chi connectivity index (χ2v) is 9.01. The Kier molecular flexibility index (Phi) is 5.23. The number of hydrogen-bond acceptors (Lipinski definition) is 5. The fourth-order valence-electron chi connectivity index (χ4n) is 4.11. The number of H-pyrrole nitrogens is 1. The molecule has 0 bridgehead atoms. The smallest absolute Gasteiger partial charge is 0.408 e. The van der Waals surface area contributed by atoms with Crippen molar-refractivity contribution in [2.24, 2.45) is 5.92 Å². The Morgan fingerprint density at radius 3 is 2.77 bits per heavy atom. The van der Waals surface area contributed by atoms with E-state index in [1.54, 1.807) is 23.5 Å². The minimum absolute atomic E-state index is 0.172. The van der Waals surface area contributed by atoms with Crippen LogP contribution in [0.1, 0.15) is 23.4 Å². The zero-order valence-electron chi connectivity index (χ0n) is 16.4. The second-order valence-electron chi connectivity index (χ2n) is 7.89. The van der Waals surface area contributed by atoms with E-state index in [1.807, 2.05) is 36.5 Å². The minimum Gasteiger partial charge on any atom is -0.408 e. The van der Waals surface area contributed by atoms with Gasteiger partial charge in [-0.05, 0) is 73.7 Å². The Hall–Kier alpha value is -2.77. The molecule has 1 N–H and O–H groups in total. The summed E-state index contributed by atoms with van der Waals surface area (Å²) in [6.45, 7) is 2.97. The van der Waals surface area contributed by atoms with Crippen molar-refractivity contribution in [2.75, 3.05) is 13.1 Å². The van der Waals surface area contributed by atoms with Crippen LogP contribution < -0.4 is 5.76 Å². The lowest BCUT2D eigenvalue weighted by atomic mass is 9.90. The van der Waals surface area contributed by atoms with Gasteiger partial charge in [0, 0.05) is 6.20 Å². The molecular formula is C23H22FN3O2S. The van der Waals surface area contributed by atoms with Crippen LogP contribution >= 0.6 is 11.3 Å². The summed E-state index contributed by atoms with van der Waals surface area (Å²) < 4.78 is 18.2. The van der Waals surface area contributed by atoms with Crippen molar-refractivity contribution in [3.63, 3.8) is 0 Å². The highest BCUT2D eigenvalue weighted by Crippen LogP contribution is 2.30. The number of nitrogens with one attached hydrogen (secondary N) is 1. The van der Waals surface area contributed by atoms with Gasteiger partial charge in [0.25, 0.3) is 0 Å². The highest BCUT2D eigenvalue weighted by molar-refractivity contribution is 7.15. The summed E-state index contributed by atoms with van der Waals surface area (Å²) in [5, 5.41) is 1.10. The SMILES string of the molecule is O=c1[nH]c2ccc(-c3cnc(CN4CCC(Cc5ccc(F)cc5)CC4)s3)cc2o1. The van der Waals surface area contributed by atoms with Crippen LogP contribution in [0.5, 0.6) is 0 Å². The van der Waals surface area contributed by atoms with Crippen LogP contribution in [-0.2, 0) is 13.0 Å². The quantitative estimate of drug-likeness (QED) is 0.499. The molecule has 5 nitrogen and oxygen atoms in total. The summed E-state index contributed by atoms with van der Waals surface area (Å²) in [5.74, 6) is 0.0465. The third-order valence-electron chi connectivity index (χ3n) is 5.76. The summed E-state index contributed by atoms with van der Waals surface area (Å²) in [4.78, 5) is 22.1. The Balaban J connectivity index is 1.18. The van der Waals surface area contributed by atoms with Crippen LogP contribution in [0, 0.1) is 11.7 Å². The van der Waals surface area contributed by atoms with Crippen molar-refractivity contribution in [3.8, 4) is 10.4 Å². The molecule has 1 saturated heterocycles. The van der Waals surface area contributed by atoms with Crippen LogP contribution in [0.25, 0.3) is 21.5 Å². The maximum absolute atomic E-state index is 13.1. The van der Waals surface area contributed by atoms with E-state index in [0.29, 0.717) is 17.0 Å². The summed E-state index contributed by atoms with van der Waals surface area (Å²) in [6.07, 6.45) is 5.22. The first-order chi connectivity index (χ1) is 14.6.